The summed E-state index contributed by atoms with van der Waals surface area (Å²) < 4.78 is 5.97. The minimum Gasteiger partial charge on any atom is -0.367 e. The molecule has 0 bridgehead atoms. The van der Waals surface area contributed by atoms with Gasteiger partial charge in [-0.1, -0.05) is 20.8 Å². The maximum atomic E-state index is 5.97. The first-order chi connectivity index (χ1) is 10.8. The van der Waals surface area contributed by atoms with Crippen LogP contribution in [0.1, 0.15) is 49.0 Å². The van der Waals surface area contributed by atoms with E-state index in [0.717, 1.165) is 41.0 Å². The summed E-state index contributed by atoms with van der Waals surface area (Å²) in [5.41, 5.74) is 3.11. The highest BCUT2D eigenvalue weighted by Crippen LogP contribution is 2.31. The van der Waals surface area contributed by atoms with Crippen LogP contribution in [0.5, 0.6) is 0 Å². The molecule has 0 radical (unpaired) electrons. The Kier molecular flexibility index (Phi) is 4.38. The zero-order chi connectivity index (χ0) is 16.6. The molecule has 0 spiro atoms. The molecule has 1 aliphatic heterocycles. The van der Waals surface area contributed by atoms with Crippen LogP contribution < -0.4 is 4.90 Å². The lowest BCUT2D eigenvalue weighted by Crippen LogP contribution is -2.39. The molecule has 3 heterocycles. The van der Waals surface area contributed by atoms with Gasteiger partial charge in [0.05, 0.1) is 30.2 Å². The van der Waals surface area contributed by atoms with Crippen molar-refractivity contribution >= 4 is 17.2 Å². The Balaban J connectivity index is 1.81. The predicted molar refractivity (Wildman–Crippen MR) is 93.2 cm³/mol. The quantitative estimate of drug-likeness (QED) is 0.843. The number of hydrogen-bond donors (Lipinski definition) is 0. The lowest BCUT2D eigenvalue weighted by Gasteiger charge is -2.33. The summed E-state index contributed by atoms with van der Waals surface area (Å²) in [6, 6.07) is 0. The van der Waals surface area contributed by atoms with E-state index in [-0.39, 0.29) is 11.5 Å². The molecule has 0 amide bonds. The number of hydrogen-bond acceptors (Lipinski definition) is 6. The van der Waals surface area contributed by atoms with E-state index in [1.165, 1.54) is 0 Å². The molecule has 0 saturated carbocycles. The second-order valence-corrected chi connectivity index (χ2v) is 7.94. The summed E-state index contributed by atoms with van der Waals surface area (Å²) in [5, 5.41) is 3.20. The summed E-state index contributed by atoms with van der Waals surface area (Å²) in [5.74, 6) is 0.964. The Morgan fingerprint density at radius 3 is 2.74 bits per heavy atom. The van der Waals surface area contributed by atoms with E-state index in [4.69, 9.17) is 9.72 Å². The standard InChI is InChI=1S/C17H24N4OS/c1-11-8-18-12(2)15(19-11)21-6-7-22-13(9-21)16-20-14(10-23-16)17(3,4)5/h8,10,13H,6-7,9H2,1-5H3. The van der Waals surface area contributed by atoms with Crippen LogP contribution in [0.4, 0.5) is 5.82 Å². The Morgan fingerprint density at radius 2 is 2.04 bits per heavy atom. The lowest BCUT2D eigenvalue weighted by atomic mass is 9.93. The molecule has 23 heavy (non-hydrogen) atoms. The van der Waals surface area contributed by atoms with Gasteiger partial charge in [-0.05, 0) is 13.8 Å². The molecule has 3 rings (SSSR count). The molecule has 1 fully saturated rings. The van der Waals surface area contributed by atoms with E-state index >= 15 is 0 Å². The molecule has 6 heteroatoms. The van der Waals surface area contributed by atoms with E-state index in [1.54, 1.807) is 11.3 Å². The topological polar surface area (TPSA) is 51.1 Å². The smallest absolute Gasteiger partial charge is 0.150 e. The van der Waals surface area contributed by atoms with Crippen molar-refractivity contribution in [2.75, 3.05) is 24.6 Å². The van der Waals surface area contributed by atoms with Gasteiger partial charge >= 0.3 is 0 Å². The molecular formula is C17H24N4OS. The van der Waals surface area contributed by atoms with Gasteiger partial charge in [0.15, 0.2) is 5.82 Å². The number of ether oxygens (including phenoxy) is 1. The SMILES string of the molecule is Cc1cnc(C)c(N2CCOC(c3nc(C(C)(C)C)cs3)C2)n1. The largest absolute Gasteiger partial charge is 0.367 e. The average molecular weight is 332 g/mol. The molecule has 0 aromatic carbocycles. The average Bonchev–Trinajstić information content (AvgIpc) is 3.00. The van der Waals surface area contributed by atoms with Crippen LogP contribution in [-0.4, -0.2) is 34.6 Å². The summed E-state index contributed by atoms with van der Waals surface area (Å²) in [6.07, 6.45) is 1.82. The fourth-order valence-corrected chi connectivity index (χ4v) is 3.68. The number of thiazole rings is 1. The Morgan fingerprint density at radius 1 is 1.26 bits per heavy atom. The highest BCUT2D eigenvalue weighted by Gasteiger charge is 2.28. The number of rotatable bonds is 2. The van der Waals surface area contributed by atoms with E-state index in [9.17, 15) is 0 Å². The predicted octanol–water partition coefficient (Wildman–Crippen LogP) is 3.43. The zero-order valence-corrected chi connectivity index (χ0v) is 15.3. The normalized spacial score (nSPS) is 19.2. The monoisotopic (exact) mass is 332 g/mol. The van der Waals surface area contributed by atoms with Crippen molar-refractivity contribution in [3.05, 3.63) is 33.7 Å². The van der Waals surface area contributed by atoms with Gasteiger partial charge in [0.1, 0.15) is 11.1 Å². The van der Waals surface area contributed by atoms with Gasteiger partial charge in [0.25, 0.3) is 0 Å². The molecule has 1 saturated heterocycles. The Bertz CT molecular complexity index is 692. The second-order valence-electron chi connectivity index (χ2n) is 7.05. The van der Waals surface area contributed by atoms with E-state index < -0.39 is 0 Å². The maximum absolute atomic E-state index is 5.97. The third-order valence-corrected chi connectivity index (χ3v) is 4.92. The highest BCUT2D eigenvalue weighted by atomic mass is 32.1. The third kappa shape index (κ3) is 3.53. The summed E-state index contributed by atoms with van der Waals surface area (Å²) in [6.45, 7) is 12.8. The molecule has 1 aliphatic rings. The fraction of sp³-hybridized carbons (Fsp3) is 0.588. The first-order valence-corrected chi connectivity index (χ1v) is 8.85. The minimum atomic E-state index is 0.00608. The van der Waals surface area contributed by atoms with Gasteiger partial charge in [0, 0.05) is 23.5 Å². The van der Waals surface area contributed by atoms with Gasteiger partial charge in [-0.15, -0.1) is 11.3 Å². The maximum Gasteiger partial charge on any atom is 0.150 e. The van der Waals surface area contributed by atoms with E-state index in [2.05, 4.69) is 41.0 Å². The number of anilines is 1. The van der Waals surface area contributed by atoms with Gasteiger partial charge in [-0.2, -0.15) is 0 Å². The van der Waals surface area contributed by atoms with Gasteiger partial charge in [-0.3, -0.25) is 4.98 Å². The van der Waals surface area contributed by atoms with Gasteiger partial charge < -0.3 is 9.64 Å². The van der Waals surface area contributed by atoms with Crippen LogP contribution in [0.25, 0.3) is 0 Å². The molecule has 0 aliphatic carbocycles. The molecule has 2 aromatic rings. The van der Waals surface area contributed by atoms with Crippen molar-refractivity contribution in [2.24, 2.45) is 0 Å². The van der Waals surface area contributed by atoms with Crippen molar-refractivity contribution < 1.29 is 4.74 Å². The first kappa shape index (κ1) is 16.3. The van der Waals surface area contributed by atoms with Crippen molar-refractivity contribution in [3.8, 4) is 0 Å². The second kappa shape index (κ2) is 6.17. The van der Waals surface area contributed by atoms with Crippen molar-refractivity contribution in [1.82, 2.24) is 15.0 Å². The van der Waals surface area contributed by atoms with Crippen LogP contribution >= 0.6 is 11.3 Å². The van der Waals surface area contributed by atoms with E-state index in [1.807, 2.05) is 20.0 Å². The molecular weight excluding hydrogens is 308 g/mol. The van der Waals surface area contributed by atoms with Crippen molar-refractivity contribution in [1.29, 1.82) is 0 Å². The molecule has 124 valence electrons. The van der Waals surface area contributed by atoms with Crippen LogP contribution in [0.3, 0.4) is 0 Å². The minimum absolute atomic E-state index is 0.00608. The van der Waals surface area contributed by atoms with Gasteiger partial charge in [-0.25, -0.2) is 9.97 Å². The van der Waals surface area contributed by atoms with Crippen molar-refractivity contribution in [2.45, 2.75) is 46.1 Å². The van der Waals surface area contributed by atoms with Crippen LogP contribution in [0.2, 0.25) is 0 Å². The van der Waals surface area contributed by atoms with Gasteiger partial charge in [0.2, 0.25) is 0 Å². The molecule has 1 unspecified atom stereocenters. The van der Waals surface area contributed by atoms with Crippen LogP contribution in [-0.2, 0) is 10.2 Å². The number of morpholine rings is 1. The molecule has 1 atom stereocenters. The van der Waals surface area contributed by atoms with Crippen LogP contribution in [0.15, 0.2) is 11.6 Å². The Hall–Kier alpha value is -1.53. The van der Waals surface area contributed by atoms with Crippen molar-refractivity contribution in [3.63, 3.8) is 0 Å². The number of aromatic nitrogens is 3. The third-order valence-electron chi connectivity index (χ3n) is 3.98. The highest BCUT2D eigenvalue weighted by molar-refractivity contribution is 7.09. The zero-order valence-electron chi connectivity index (χ0n) is 14.5. The Labute approximate surface area is 141 Å². The number of aryl methyl sites for hydroxylation is 2. The molecule has 2 aromatic heterocycles. The fourth-order valence-electron chi connectivity index (χ4n) is 2.60. The van der Waals surface area contributed by atoms with Crippen LogP contribution in [0, 0.1) is 13.8 Å². The summed E-state index contributed by atoms with van der Waals surface area (Å²) >= 11 is 1.69. The number of nitrogens with zero attached hydrogens (tertiary/aromatic N) is 4. The molecule has 0 N–H and O–H groups in total. The first-order valence-electron chi connectivity index (χ1n) is 7.97. The summed E-state index contributed by atoms with van der Waals surface area (Å²) in [7, 11) is 0. The molecule has 5 nitrogen and oxygen atoms in total. The lowest BCUT2D eigenvalue weighted by molar-refractivity contribution is 0.0391. The van der Waals surface area contributed by atoms with E-state index in [0.29, 0.717) is 6.61 Å². The summed E-state index contributed by atoms with van der Waals surface area (Å²) in [4.78, 5) is 16.2.